The molecule has 7 nitrogen and oxygen atoms in total. The highest BCUT2D eigenvalue weighted by atomic mass is 16.5. The lowest BCUT2D eigenvalue weighted by Gasteiger charge is -2.12. The highest BCUT2D eigenvalue weighted by Gasteiger charge is 2.08. The number of nitrogens with zero attached hydrogens (tertiary/aromatic N) is 3. The zero-order valence-electron chi connectivity index (χ0n) is 13.4. The van der Waals surface area contributed by atoms with Gasteiger partial charge >= 0.3 is 0 Å². The van der Waals surface area contributed by atoms with E-state index in [9.17, 15) is 4.79 Å². The molecule has 2 aromatic heterocycles. The van der Waals surface area contributed by atoms with Gasteiger partial charge in [0.05, 0.1) is 11.9 Å². The first-order chi connectivity index (χ1) is 11.1. The number of nitrogens with one attached hydrogen (secondary N) is 1. The lowest BCUT2D eigenvalue weighted by molar-refractivity contribution is 0.0995. The summed E-state index contributed by atoms with van der Waals surface area (Å²) in [5.41, 5.74) is 6.05. The molecule has 0 aliphatic carbocycles. The van der Waals surface area contributed by atoms with Crippen LogP contribution in [0.5, 0.6) is 5.75 Å². The standard InChI is InChI=1S/C16H21N5O2/c1-3-4-8-18-16-14(9-19-11(2)20-16)23-10-12-6-5-7-13(21-12)15(17)22/h5-7,9H,3-4,8,10H2,1-2H3,(H2,17,22)(H,18,19,20). The molecule has 23 heavy (non-hydrogen) atoms. The van der Waals surface area contributed by atoms with Gasteiger partial charge in [0.1, 0.15) is 18.1 Å². The molecule has 1 amide bonds. The summed E-state index contributed by atoms with van der Waals surface area (Å²) in [6.45, 7) is 4.98. The van der Waals surface area contributed by atoms with Gasteiger partial charge in [0.25, 0.3) is 5.91 Å². The van der Waals surface area contributed by atoms with E-state index in [1.165, 1.54) is 0 Å². The van der Waals surface area contributed by atoms with E-state index >= 15 is 0 Å². The third-order valence-corrected chi connectivity index (χ3v) is 3.13. The lowest BCUT2D eigenvalue weighted by atomic mass is 10.3. The predicted octanol–water partition coefficient (Wildman–Crippen LogP) is 2.07. The SMILES string of the molecule is CCCCNc1nc(C)ncc1OCc1cccc(C(N)=O)n1. The number of hydrogen-bond donors (Lipinski definition) is 2. The van der Waals surface area contributed by atoms with E-state index in [-0.39, 0.29) is 12.3 Å². The number of aromatic nitrogens is 3. The Hall–Kier alpha value is -2.70. The molecule has 0 unspecified atom stereocenters. The molecule has 0 aliphatic rings. The van der Waals surface area contributed by atoms with Crippen LogP contribution in [0.2, 0.25) is 0 Å². The van der Waals surface area contributed by atoms with Crippen molar-refractivity contribution in [2.45, 2.75) is 33.3 Å². The average Bonchev–Trinajstić information content (AvgIpc) is 2.54. The maximum Gasteiger partial charge on any atom is 0.267 e. The Kier molecular flexibility index (Phi) is 5.85. The minimum Gasteiger partial charge on any atom is -0.482 e. The number of unbranched alkanes of at least 4 members (excludes halogenated alkanes) is 1. The van der Waals surface area contributed by atoms with Crippen LogP contribution >= 0.6 is 0 Å². The van der Waals surface area contributed by atoms with Gasteiger partial charge in [-0.05, 0) is 25.5 Å². The first-order valence-electron chi connectivity index (χ1n) is 7.56. The topological polar surface area (TPSA) is 103 Å². The number of nitrogens with two attached hydrogens (primary N) is 1. The van der Waals surface area contributed by atoms with E-state index in [2.05, 4.69) is 27.2 Å². The van der Waals surface area contributed by atoms with Crippen molar-refractivity contribution in [3.63, 3.8) is 0 Å². The second kappa shape index (κ2) is 8.07. The van der Waals surface area contributed by atoms with Crippen molar-refractivity contribution in [1.82, 2.24) is 15.0 Å². The Labute approximate surface area is 135 Å². The van der Waals surface area contributed by atoms with E-state index in [1.54, 1.807) is 24.4 Å². The molecular formula is C16H21N5O2. The molecule has 3 N–H and O–H groups in total. The zero-order chi connectivity index (χ0) is 16.7. The lowest BCUT2D eigenvalue weighted by Crippen LogP contribution is -2.14. The summed E-state index contributed by atoms with van der Waals surface area (Å²) in [5, 5.41) is 3.25. The summed E-state index contributed by atoms with van der Waals surface area (Å²) in [5.74, 6) is 1.33. The molecule has 0 atom stereocenters. The first-order valence-corrected chi connectivity index (χ1v) is 7.56. The quantitative estimate of drug-likeness (QED) is 0.723. The van der Waals surface area contributed by atoms with Crippen LogP contribution in [-0.4, -0.2) is 27.4 Å². The van der Waals surface area contributed by atoms with Gasteiger partial charge in [-0.1, -0.05) is 19.4 Å². The number of pyridine rings is 1. The number of hydrogen-bond acceptors (Lipinski definition) is 6. The van der Waals surface area contributed by atoms with Gasteiger partial charge in [-0.25, -0.2) is 15.0 Å². The third kappa shape index (κ3) is 4.91. The number of amides is 1. The van der Waals surface area contributed by atoms with Crippen LogP contribution in [0.1, 0.15) is 41.8 Å². The van der Waals surface area contributed by atoms with Crippen molar-refractivity contribution < 1.29 is 9.53 Å². The van der Waals surface area contributed by atoms with Gasteiger partial charge < -0.3 is 15.8 Å². The fourth-order valence-corrected chi connectivity index (χ4v) is 1.92. The second-order valence-electron chi connectivity index (χ2n) is 5.08. The Morgan fingerprint density at radius 1 is 1.35 bits per heavy atom. The van der Waals surface area contributed by atoms with E-state index < -0.39 is 5.91 Å². The van der Waals surface area contributed by atoms with Gasteiger partial charge in [-0.2, -0.15) is 0 Å². The Bertz CT molecular complexity index is 675. The molecule has 2 heterocycles. The molecule has 0 saturated heterocycles. The van der Waals surface area contributed by atoms with Gasteiger partial charge in [0.15, 0.2) is 11.6 Å². The monoisotopic (exact) mass is 315 g/mol. The maximum atomic E-state index is 11.2. The fourth-order valence-electron chi connectivity index (χ4n) is 1.92. The minimum absolute atomic E-state index is 0.204. The molecule has 0 aromatic carbocycles. The number of aryl methyl sites for hydroxylation is 1. The van der Waals surface area contributed by atoms with Crippen LogP contribution in [0, 0.1) is 6.92 Å². The van der Waals surface area contributed by atoms with Crippen LogP contribution in [0.15, 0.2) is 24.4 Å². The first kappa shape index (κ1) is 16.7. The summed E-state index contributed by atoms with van der Waals surface area (Å²) in [4.78, 5) is 23.8. The van der Waals surface area contributed by atoms with Crippen LogP contribution in [0.4, 0.5) is 5.82 Å². The number of ether oxygens (including phenoxy) is 1. The molecule has 2 aromatic rings. The zero-order valence-corrected chi connectivity index (χ0v) is 13.4. The van der Waals surface area contributed by atoms with E-state index in [4.69, 9.17) is 10.5 Å². The number of primary amides is 1. The Morgan fingerprint density at radius 2 is 2.17 bits per heavy atom. The molecule has 0 saturated carbocycles. The Morgan fingerprint density at radius 3 is 2.91 bits per heavy atom. The van der Waals surface area contributed by atoms with E-state index in [1.807, 2.05) is 6.92 Å². The molecule has 0 spiro atoms. The second-order valence-corrected chi connectivity index (χ2v) is 5.08. The summed E-state index contributed by atoms with van der Waals surface area (Å²) in [6, 6.07) is 5.06. The van der Waals surface area contributed by atoms with E-state index in [0.29, 0.717) is 23.1 Å². The van der Waals surface area contributed by atoms with Crippen LogP contribution in [0.3, 0.4) is 0 Å². The Balaban J connectivity index is 2.07. The normalized spacial score (nSPS) is 10.3. The van der Waals surface area contributed by atoms with Crippen molar-refractivity contribution >= 4 is 11.7 Å². The van der Waals surface area contributed by atoms with Gasteiger partial charge in [-0.3, -0.25) is 4.79 Å². The van der Waals surface area contributed by atoms with Crippen molar-refractivity contribution in [2.75, 3.05) is 11.9 Å². The molecular weight excluding hydrogens is 294 g/mol. The summed E-state index contributed by atoms with van der Waals surface area (Å²) in [7, 11) is 0. The minimum atomic E-state index is -0.563. The average molecular weight is 315 g/mol. The predicted molar refractivity (Wildman–Crippen MR) is 87.3 cm³/mol. The molecule has 7 heteroatoms. The van der Waals surface area contributed by atoms with E-state index in [0.717, 1.165) is 19.4 Å². The van der Waals surface area contributed by atoms with Crippen LogP contribution < -0.4 is 15.8 Å². The highest BCUT2D eigenvalue weighted by Crippen LogP contribution is 2.21. The van der Waals surface area contributed by atoms with Crippen molar-refractivity contribution in [3.8, 4) is 5.75 Å². The van der Waals surface area contributed by atoms with Crippen LogP contribution in [-0.2, 0) is 6.61 Å². The van der Waals surface area contributed by atoms with Crippen molar-refractivity contribution in [2.24, 2.45) is 5.73 Å². The van der Waals surface area contributed by atoms with Gasteiger partial charge in [0.2, 0.25) is 0 Å². The molecule has 122 valence electrons. The van der Waals surface area contributed by atoms with Crippen molar-refractivity contribution in [3.05, 3.63) is 41.6 Å². The largest absolute Gasteiger partial charge is 0.482 e. The molecule has 0 bridgehead atoms. The third-order valence-electron chi connectivity index (χ3n) is 3.13. The summed E-state index contributed by atoms with van der Waals surface area (Å²) in [6.07, 6.45) is 3.77. The smallest absolute Gasteiger partial charge is 0.267 e. The number of anilines is 1. The fraction of sp³-hybridized carbons (Fsp3) is 0.375. The summed E-state index contributed by atoms with van der Waals surface area (Å²) < 4.78 is 5.74. The number of carbonyl (C=O) groups excluding carboxylic acids is 1. The summed E-state index contributed by atoms with van der Waals surface area (Å²) >= 11 is 0. The maximum absolute atomic E-state index is 11.2. The molecule has 0 radical (unpaired) electrons. The van der Waals surface area contributed by atoms with Gasteiger partial charge in [-0.15, -0.1) is 0 Å². The van der Waals surface area contributed by atoms with Crippen LogP contribution in [0.25, 0.3) is 0 Å². The molecule has 0 fully saturated rings. The van der Waals surface area contributed by atoms with Crippen molar-refractivity contribution in [1.29, 1.82) is 0 Å². The molecule has 0 aliphatic heterocycles. The highest BCUT2D eigenvalue weighted by molar-refractivity contribution is 5.90. The van der Waals surface area contributed by atoms with Gasteiger partial charge in [0, 0.05) is 6.54 Å². The number of carbonyl (C=O) groups is 1. The molecule has 2 rings (SSSR count). The number of rotatable bonds is 8.